The molecule has 0 bridgehead atoms. The first-order valence-corrected chi connectivity index (χ1v) is 9.74. The minimum Gasteiger partial charge on any atom is -0.496 e. The molecule has 5 heteroatoms. The maximum absolute atomic E-state index is 12.8. The summed E-state index contributed by atoms with van der Waals surface area (Å²) in [7, 11) is 1.57. The SMILES string of the molecule is COc1ccccc1C=C(C(=O)OCC(=O)c1ccc(Br)cc1)c1ccccc1. The van der Waals surface area contributed by atoms with E-state index in [1.807, 2.05) is 54.6 Å². The van der Waals surface area contributed by atoms with Gasteiger partial charge in [0.05, 0.1) is 12.7 Å². The average Bonchev–Trinajstić information content (AvgIpc) is 2.77. The number of benzene rings is 3. The Hall–Kier alpha value is -3.18. The Labute approximate surface area is 177 Å². The van der Waals surface area contributed by atoms with Gasteiger partial charge in [-0.05, 0) is 29.8 Å². The lowest BCUT2D eigenvalue weighted by atomic mass is 10.0. The summed E-state index contributed by atoms with van der Waals surface area (Å²) in [6.07, 6.45) is 1.71. The van der Waals surface area contributed by atoms with Gasteiger partial charge < -0.3 is 9.47 Å². The summed E-state index contributed by atoms with van der Waals surface area (Å²) >= 11 is 3.33. The Morgan fingerprint density at radius 2 is 1.52 bits per heavy atom. The molecule has 0 aliphatic rings. The number of para-hydroxylation sites is 1. The van der Waals surface area contributed by atoms with Gasteiger partial charge in [-0.1, -0.05) is 76.6 Å². The number of rotatable bonds is 7. The first-order valence-electron chi connectivity index (χ1n) is 8.94. The number of methoxy groups -OCH3 is 1. The largest absolute Gasteiger partial charge is 0.496 e. The maximum atomic E-state index is 12.8. The molecule has 3 aromatic carbocycles. The maximum Gasteiger partial charge on any atom is 0.339 e. The van der Waals surface area contributed by atoms with Gasteiger partial charge in [0.1, 0.15) is 5.75 Å². The summed E-state index contributed by atoms with van der Waals surface area (Å²) in [6, 6.07) is 23.5. The Kier molecular flexibility index (Phi) is 6.98. The zero-order valence-corrected chi connectivity index (χ0v) is 17.4. The fraction of sp³-hybridized carbons (Fsp3) is 0.0833. The summed E-state index contributed by atoms with van der Waals surface area (Å²) in [5.41, 5.74) is 2.26. The summed E-state index contributed by atoms with van der Waals surface area (Å²) in [4.78, 5) is 25.2. The number of Topliss-reactive ketones (excluding diaryl/α,β-unsaturated/α-hetero) is 1. The monoisotopic (exact) mass is 450 g/mol. The van der Waals surface area contributed by atoms with E-state index in [0.717, 1.165) is 10.0 Å². The molecule has 0 aromatic heterocycles. The van der Waals surface area contributed by atoms with Crippen LogP contribution < -0.4 is 4.74 Å². The highest BCUT2D eigenvalue weighted by Crippen LogP contribution is 2.25. The van der Waals surface area contributed by atoms with E-state index >= 15 is 0 Å². The lowest BCUT2D eigenvalue weighted by Crippen LogP contribution is -2.15. The van der Waals surface area contributed by atoms with Gasteiger partial charge in [0.15, 0.2) is 12.4 Å². The second kappa shape index (κ2) is 9.85. The molecule has 0 heterocycles. The lowest BCUT2D eigenvalue weighted by Gasteiger charge is -2.10. The smallest absolute Gasteiger partial charge is 0.339 e. The Balaban J connectivity index is 1.84. The summed E-state index contributed by atoms with van der Waals surface area (Å²) in [6.45, 7) is -0.337. The number of hydrogen-bond acceptors (Lipinski definition) is 4. The number of ketones is 1. The summed E-state index contributed by atoms with van der Waals surface area (Å²) in [5, 5.41) is 0. The van der Waals surface area contributed by atoms with Crippen LogP contribution >= 0.6 is 15.9 Å². The minimum absolute atomic E-state index is 0.268. The normalized spacial score (nSPS) is 11.0. The molecule has 0 saturated carbocycles. The van der Waals surface area contributed by atoms with Gasteiger partial charge in [-0.2, -0.15) is 0 Å². The molecule has 0 aliphatic carbocycles. The lowest BCUT2D eigenvalue weighted by molar-refractivity contribution is -0.135. The van der Waals surface area contributed by atoms with Crippen LogP contribution in [-0.2, 0) is 9.53 Å². The van der Waals surface area contributed by atoms with Gasteiger partial charge >= 0.3 is 5.97 Å². The van der Waals surface area contributed by atoms with E-state index in [4.69, 9.17) is 9.47 Å². The van der Waals surface area contributed by atoms with Crippen molar-refractivity contribution in [2.24, 2.45) is 0 Å². The summed E-state index contributed by atoms with van der Waals surface area (Å²) in [5.74, 6) is -0.206. The molecular weight excluding hydrogens is 432 g/mol. The van der Waals surface area contributed by atoms with Crippen LogP contribution in [0.15, 0.2) is 83.3 Å². The zero-order valence-electron chi connectivity index (χ0n) is 15.8. The Morgan fingerprint density at radius 3 is 2.21 bits per heavy atom. The number of ether oxygens (including phenoxy) is 2. The van der Waals surface area contributed by atoms with Crippen molar-refractivity contribution in [3.63, 3.8) is 0 Å². The molecule has 29 heavy (non-hydrogen) atoms. The van der Waals surface area contributed by atoms with Crippen LogP contribution in [0.25, 0.3) is 11.6 Å². The van der Waals surface area contributed by atoms with Gasteiger partial charge in [-0.25, -0.2) is 4.79 Å². The zero-order chi connectivity index (χ0) is 20.6. The molecule has 0 N–H and O–H groups in total. The van der Waals surface area contributed by atoms with Crippen LogP contribution in [0.5, 0.6) is 5.75 Å². The van der Waals surface area contributed by atoms with Gasteiger partial charge in [0.2, 0.25) is 0 Å². The molecule has 0 spiro atoms. The number of carbonyl (C=O) groups excluding carboxylic acids is 2. The van der Waals surface area contributed by atoms with E-state index in [-0.39, 0.29) is 12.4 Å². The topological polar surface area (TPSA) is 52.6 Å². The molecule has 3 aromatic rings. The van der Waals surface area contributed by atoms with Gasteiger partial charge in [0.25, 0.3) is 0 Å². The van der Waals surface area contributed by atoms with Crippen LogP contribution in [0.4, 0.5) is 0 Å². The van der Waals surface area contributed by atoms with E-state index in [1.54, 1.807) is 37.5 Å². The number of hydrogen-bond donors (Lipinski definition) is 0. The van der Waals surface area contributed by atoms with Crippen LogP contribution in [0, 0.1) is 0 Å². The highest BCUT2D eigenvalue weighted by Gasteiger charge is 2.17. The summed E-state index contributed by atoms with van der Waals surface area (Å²) < 4.78 is 11.6. The average molecular weight is 451 g/mol. The van der Waals surface area contributed by atoms with E-state index < -0.39 is 5.97 Å². The van der Waals surface area contributed by atoms with Crippen molar-refractivity contribution >= 4 is 39.3 Å². The third kappa shape index (κ3) is 5.42. The number of esters is 1. The number of halogens is 1. The molecule has 4 nitrogen and oxygen atoms in total. The van der Waals surface area contributed by atoms with E-state index in [1.165, 1.54) is 0 Å². The first kappa shape index (κ1) is 20.6. The number of carbonyl (C=O) groups is 2. The van der Waals surface area contributed by atoms with Crippen LogP contribution in [0.1, 0.15) is 21.5 Å². The Bertz CT molecular complexity index is 1020. The Morgan fingerprint density at radius 1 is 0.862 bits per heavy atom. The van der Waals surface area contributed by atoms with Crippen molar-refractivity contribution < 1.29 is 19.1 Å². The van der Waals surface area contributed by atoms with Crippen molar-refractivity contribution in [2.45, 2.75) is 0 Å². The van der Waals surface area contributed by atoms with Crippen molar-refractivity contribution in [1.82, 2.24) is 0 Å². The first-order chi connectivity index (χ1) is 14.1. The van der Waals surface area contributed by atoms with Crippen LogP contribution in [0.2, 0.25) is 0 Å². The van der Waals surface area contributed by atoms with Crippen LogP contribution in [-0.4, -0.2) is 25.5 Å². The minimum atomic E-state index is -0.576. The van der Waals surface area contributed by atoms with Gasteiger partial charge in [-0.3, -0.25) is 4.79 Å². The highest BCUT2D eigenvalue weighted by molar-refractivity contribution is 9.10. The van der Waals surface area contributed by atoms with Gasteiger partial charge in [-0.15, -0.1) is 0 Å². The van der Waals surface area contributed by atoms with E-state index in [0.29, 0.717) is 22.4 Å². The molecule has 0 unspecified atom stereocenters. The predicted octanol–water partition coefficient (Wildman–Crippen LogP) is 5.42. The molecule has 0 atom stereocenters. The van der Waals surface area contributed by atoms with Crippen molar-refractivity contribution in [2.75, 3.05) is 13.7 Å². The fourth-order valence-corrected chi connectivity index (χ4v) is 3.01. The predicted molar refractivity (Wildman–Crippen MR) is 117 cm³/mol. The quantitative estimate of drug-likeness (QED) is 0.208. The molecule has 0 aliphatic heterocycles. The van der Waals surface area contributed by atoms with Crippen LogP contribution in [0.3, 0.4) is 0 Å². The van der Waals surface area contributed by atoms with E-state index in [2.05, 4.69) is 15.9 Å². The standard InChI is InChI=1S/C24H19BrO4/c1-28-23-10-6-5-9-19(23)15-21(17-7-3-2-4-8-17)24(27)29-16-22(26)18-11-13-20(25)14-12-18/h2-15H,16H2,1H3. The molecule has 146 valence electrons. The second-order valence-electron chi connectivity index (χ2n) is 6.17. The molecule has 0 fully saturated rings. The van der Waals surface area contributed by atoms with Crippen molar-refractivity contribution in [1.29, 1.82) is 0 Å². The molecule has 0 radical (unpaired) electrons. The highest BCUT2D eigenvalue weighted by atomic mass is 79.9. The molecular formula is C24H19BrO4. The molecule has 3 rings (SSSR count). The van der Waals surface area contributed by atoms with Gasteiger partial charge in [0, 0.05) is 15.6 Å². The van der Waals surface area contributed by atoms with Crippen molar-refractivity contribution in [3.8, 4) is 5.75 Å². The molecule has 0 amide bonds. The third-order valence-corrected chi connectivity index (χ3v) is 4.77. The second-order valence-corrected chi connectivity index (χ2v) is 7.09. The molecule has 0 saturated heterocycles. The van der Waals surface area contributed by atoms with E-state index in [9.17, 15) is 9.59 Å². The fourth-order valence-electron chi connectivity index (χ4n) is 2.75. The van der Waals surface area contributed by atoms with Crippen molar-refractivity contribution in [3.05, 3.63) is 100 Å². The third-order valence-electron chi connectivity index (χ3n) is 4.24.